The van der Waals surface area contributed by atoms with Gasteiger partial charge in [0.25, 0.3) is 0 Å². The number of hydrogen-bond donors (Lipinski definition) is 0. The van der Waals surface area contributed by atoms with E-state index in [-0.39, 0.29) is 5.82 Å². The van der Waals surface area contributed by atoms with Gasteiger partial charge in [-0.2, -0.15) is 0 Å². The molecule has 0 aliphatic carbocycles. The average Bonchev–Trinajstić information content (AvgIpc) is 1.82. The Morgan fingerprint density at radius 2 is 1.83 bits per heavy atom. The van der Waals surface area contributed by atoms with E-state index in [1.165, 1.54) is 6.07 Å². The van der Waals surface area contributed by atoms with E-state index < -0.39 is 18.4 Å². The van der Waals surface area contributed by atoms with E-state index in [1.54, 1.807) is 6.07 Å². The van der Waals surface area contributed by atoms with Gasteiger partial charge in [-0.15, -0.1) is 0 Å². The molecule has 0 radical (unpaired) electrons. The molecule has 0 unspecified atom stereocenters. The molecular formula is C9H14FNSn. The topological polar surface area (TPSA) is 12.9 Å². The summed E-state index contributed by atoms with van der Waals surface area (Å²) < 4.78 is 14.0. The summed E-state index contributed by atoms with van der Waals surface area (Å²) in [6.07, 6.45) is 0. The van der Waals surface area contributed by atoms with Crippen LogP contribution in [-0.2, 0) is 0 Å². The van der Waals surface area contributed by atoms with Crippen LogP contribution >= 0.6 is 0 Å². The van der Waals surface area contributed by atoms with Crippen molar-refractivity contribution in [2.75, 3.05) is 0 Å². The van der Waals surface area contributed by atoms with Crippen LogP contribution in [0.25, 0.3) is 0 Å². The molecule has 0 aromatic carbocycles. The minimum absolute atomic E-state index is 0.149. The molecule has 0 fully saturated rings. The number of pyridine rings is 1. The van der Waals surface area contributed by atoms with E-state index in [9.17, 15) is 4.39 Å². The number of aryl methyl sites for hydroxylation is 1. The maximum absolute atomic E-state index is 13.0. The number of nitrogens with zero attached hydrogens (tertiary/aromatic N) is 1. The van der Waals surface area contributed by atoms with Crippen molar-refractivity contribution in [2.24, 2.45) is 0 Å². The molecule has 0 bridgehead atoms. The first-order chi connectivity index (χ1) is 5.39. The molecule has 0 aliphatic rings. The summed E-state index contributed by atoms with van der Waals surface area (Å²) in [7, 11) is 0. The molecule has 0 saturated heterocycles. The normalized spacial score (nSPS) is 11.8. The van der Waals surface area contributed by atoms with Crippen LogP contribution in [0.5, 0.6) is 0 Å². The zero-order valence-corrected chi connectivity index (χ0v) is 10.8. The molecule has 1 heterocycles. The van der Waals surface area contributed by atoms with Gasteiger partial charge in [-0.1, -0.05) is 0 Å². The first kappa shape index (κ1) is 9.96. The number of halogens is 1. The Kier molecular flexibility index (Phi) is 2.76. The Morgan fingerprint density at radius 3 is 2.25 bits per heavy atom. The van der Waals surface area contributed by atoms with Crippen molar-refractivity contribution in [3.8, 4) is 0 Å². The second kappa shape index (κ2) is 3.32. The summed E-state index contributed by atoms with van der Waals surface area (Å²) in [5.74, 6) is -0.149. The zero-order valence-electron chi connectivity index (χ0n) is 7.98. The van der Waals surface area contributed by atoms with E-state index in [4.69, 9.17) is 0 Å². The van der Waals surface area contributed by atoms with E-state index >= 15 is 0 Å². The van der Waals surface area contributed by atoms with Crippen molar-refractivity contribution in [3.05, 3.63) is 23.6 Å². The van der Waals surface area contributed by atoms with Crippen LogP contribution in [0, 0.1) is 12.7 Å². The van der Waals surface area contributed by atoms with Crippen LogP contribution in [0.4, 0.5) is 4.39 Å². The quantitative estimate of drug-likeness (QED) is 0.714. The van der Waals surface area contributed by atoms with Crippen molar-refractivity contribution < 1.29 is 4.39 Å². The number of hydrogen-bond acceptors (Lipinski definition) is 1. The van der Waals surface area contributed by atoms with Gasteiger partial charge in [-0.3, -0.25) is 0 Å². The summed E-state index contributed by atoms with van der Waals surface area (Å²) in [6, 6.07) is 3.06. The molecule has 0 spiro atoms. The molecule has 0 saturated carbocycles. The van der Waals surface area contributed by atoms with Gasteiger partial charge in [0.1, 0.15) is 0 Å². The van der Waals surface area contributed by atoms with Gasteiger partial charge in [-0.25, -0.2) is 0 Å². The van der Waals surface area contributed by atoms with Crippen LogP contribution < -0.4 is 3.71 Å². The average molecular weight is 274 g/mol. The standard InChI is InChI=1S/C6H5FN.3CH3.Sn/c1-5-4-6(7)2-3-8-5;;;;/h2,4H,1H3;3*1H3;. The van der Waals surface area contributed by atoms with Gasteiger partial charge in [0, 0.05) is 0 Å². The number of rotatable bonds is 1. The molecule has 1 rings (SSSR count). The first-order valence-electron chi connectivity index (χ1n) is 4.04. The summed E-state index contributed by atoms with van der Waals surface area (Å²) in [5, 5.41) is 0. The molecule has 12 heavy (non-hydrogen) atoms. The Hall–Kier alpha value is -0.121. The van der Waals surface area contributed by atoms with Crippen LogP contribution in [-0.4, -0.2) is 23.4 Å². The predicted molar refractivity (Wildman–Crippen MR) is 51.9 cm³/mol. The van der Waals surface area contributed by atoms with E-state index in [2.05, 4.69) is 19.8 Å². The van der Waals surface area contributed by atoms with Crippen molar-refractivity contribution in [1.82, 2.24) is 4.98 Å². The van der Waals surface area contributed by atoms with Crippen LogP contribution in [0.2, 0.25) is 14.8 Å². The maximum atomic E-state index is 13.0. The Bertz CT molecular complexity index is 271. The fourth-order valence-electron chi connectivity index (χ4n) is 1.01. The van der Waals surface area contributed by atoms with Gasteiger partial charge in [0.05, 0.1) is 0 Å². The summed E-state index contributed by atoms with van der Waals surface area (Å²) in [5.41, 5.74) is 0.789. The van der Waals surface area contributed by atoms with Crippen molar-refractivity contribution in [3.63, 3.8) is 0 Å². The fraction of sp³-hybridized carbons (Fsp3) is 0.444. The SMILES string of the molecule is Cc1cc(F)c[c]([Sn]([CH3])([CH3])[CH3])n1. The third-order valence-electron chi connectivity index (χ3n) is 1.69. The van der Waals surface area contributed by atoms with Gasteiger partial charge in [-0.05, 0) is 0 Å². The summed E-state index contributed by atoms with van der Waals surface area (Å²) >= 11 is -2.15. The monoisotopic (exact) mass is 275 g/mol. The van der Waals surface area contributed by atoms with E-state index in [1.807, 2.05) is 6.92 Å². The molecule has 0 amide bonds. The summed E-state index contributed by atoms with van der Waals surface area (Å²) in [4.78, 5) is 11.1. The van der Waals surface area contributed by atoms with Gasteiger partial charge < -0.3 is 0 Å². The predicted octanol–water partition coefficient (Wildman–Crippen LogP) is 2.07. The molecular weight excluding hydrogens is 260 g/mol. The first-order valence-corrected chi connectivity index (χ1v) is 14.0. The van der Waals surface area contributed by atoms with Gasteiger partial charge in [0.15, 0.2) is 0 Å². The third kappa shape index (κ3) is 2.44. The Morgan fingerprint density at radius 1 is 1.25 bits per heavy atom. The van der Waals surface area contributed by atoms with Gasteiger partial charge in [0.2, 0.25) is 0 Å². The Labute approximate surface area is 76.9 Å². The van der Waals surface area contributed by atoms with E-state index in [0.717, 1.165) is 9.40 Å². The number of aromatic nitrogens is 1. The Balaban J connectivity index is 3.18. The summed E-state index contributed by atoms with van der Waals surface area (Å²) in [6.45, 7) is 1.84. The molecule has 0 N–H and O–H groups in total. The minimum atomic E-state index is -2.15. The molecule has 1 aromatic rings. The van der Waals surface area contributed by atoms with E-state index in [0.29, 0.717) is 0 Å². The molecule has 1 nitrogen and oxygen atoms in total. The third-order valence-corrected chi connectivity index (χ3v) is 6.80. The molecule has 1 aromatic heterocycles. The molecule has 0 atom stereocenters. The zero-order chi connectivity index (χ0) is 9.35. The molecule has 66 valence electrons. The second-order valence-corrected chi connectivity index (χ2v) is 18.4. The molecule has 0 aliphatic heterocycles. The van der Waals surface area contributed by atoms with Gasteiger partial charge >= 0.3 is 76.8 Å². The van der Waals surface area contributed by atoms with Crippen LogP contribution in [0.3, 0.4) is 0 Å². The fourth-order valence-corrected chi connectivity index (χ4v) is 4.10. The molecule has 3 heteroatoms. The van der Waals surface area contributed by atoms with Crippen molar-refractivity contribution >= 4 is 22.1 Å². The second-order valence-electron chi connectivity index (χ2n) is 4.06. The van der Waals surface area contributed by atoms with Crippen LogP contribution in [0.1, 0.15) is 5.69 Å². The van der Waals surface area contributed by atoms with Crippen molar-refractivity contribution in [2.45, 2.75) is 21.7 Å². The van der Waals surface area contributed by atoms with Crippen LogP contribution in [0.15, 0.2) is 12.1 Å². The van der Waals surface area contributed by atoms with Crippen molar-refractivity contribution in [1.29, 1.82) is 0 Å².